The molecule has 3 rings (SSSR count). The van der Waals surface area contributed by atoms with E-state index < -0.39 is 0 Å². The normalized spacial score (nSPS) is 21.8. The number of nitrogens with two attached hydrogens (primary N) is 1. The molecule has 2 aliphatic heterocycles. The van der Waals surface area contributed by atoms with Crippen LogP contribution in [0.2, 0.25) is 0 Å². The third-order valence-corrected chi connectivity index (χ3v) is 6.34. The number of nitrogens with zero attached hydrogens (tertiary/aromatic N) is 3. The van der Waals surface area contributed by atoms with Crippen LogP contribution in [0.15, 0.2) is 0 Å². The summed E-state index contributed by atoms with van der Waals surface area (Å²) >= 11 is 3.37. The monoisotopic (exact) mass is 326 g/mol. The molecule has 0 unspecified atom stereocenters. The molecular formula is C14H22N4OS2. The number of carbonyl (C=O) groups excluding carboxylic acids is 1. The van der Waals surface area contributed by atoms with Crippen LogP contribution in [0, 0.1) is 0 Å². The van der Waals surface area contributed by atoms with Crippen molar-refractivity contribution < 1.29 is 4.79 Å². The average Bonchev–Trinajstić information content (AvgIpc) is 3.05. The van der Waals surface area contributed by atoms with E-state index in [1.807, 2.05) is 16.7 Å². The van der Waals surface area contributed by atoms with Crippen LogP contribution in [-0.2, 0) is 0 Å². The highest BCUT2D eigenvalue weighted by molar-refractivity contribution is 8.00. The van der Waals surface area contributed by atoms with Crippen molar-refractivity contribution in [3.8, 4) is 0 Å². The molecule has 1 aromatic rings. The van der Waals surface area contributed by atoms with E-state index in [0.29, 0.717) is 10.7 Å². The summed E-state index contributed by atoms with van der Waals surface area (Å²) in [6.07, 6.45) is 2.39. The van der Waals surface area contributed by atoms with Crippen LogP contribution in [0.25, 0.3) is 0 Å². The van der Waals surface area contributed by atoms with Crippen molar-refractivity contribution in [2.24, 2.45) is 0 Å². The minimum Gasteiger partial charge on any atom is -0.382 e. The molecule has 1 amide bonds. The van der Waals surface area contributed by atoms with Gasteiger partial charge in [-0.15, -0.1) is 0 Å². The summed E-state index contributed by atoms with van der Waals surface area (Å²) in [5.74, 6) is 1.42. The quantitative estimate of drug-likeness (QED) is 0.903. The predicted molar refractivity (Wildman–Crippen MR) is 90.4 cm³/mol. The Morgan fingerprint density at radius 2 is 2.00 bits per heavy atom. The Morgan fingerprint density at radius 1 is 1.29 bits per heavy atom. The topological polar surface area (TPSA) is 62.5 Å². The number of hydrogen-bond acceptors (Lipinski definition) is 6. The van der Waals surface area contributed by atoms with Gasteiger partial charge in [-0.05, 0) is 26.7 Å². The highest BCUT2D eigenvalue weighted by Gasteiger charge is 2.32. The number of amides is 1. The summed E-state index contributed by atoms with van der Waals surface area (Å²) in [6, 6.07) is 0. The lowest BCUT2D eigenvalue weighted by molar-refractivity contribution is 0.0753. The number of thiazole rings is 1. The summed E-state index contributed by atoms with van der Waals surface area (Å²) < 4.78 is 0.116. The molecule has 0 aromatic carbocycles. The van der Waals surface area contributed by atoms with Crippen LogP contribution in [0.3, 0.4) is 0 Å². The zero-order chi connectivity index (χ0) is 15.0. The van der Waals surface area contributed by atoms with Crippen molar-refractivity contribution in [1.82, 2.24) is 9.88 Å². The third-order valence-electron chi connectivity index (χ3n) is 3.93. The molecule has 2 N–H and O–H groups in total. The van der Waals surface area contributed by atoms with E-state index in [-0.39, 0.29) is 10.7 Å². The summed E-state index contributed by atoms with van der Waals surface area (Å²) in [5, 5.41) is 0.902. The average molecular weight is 326 g/mol. The zero-order valence-corrected chi connectivity index (χ0v) is 14.2. The minimum atomic E-state index is 0.0452. The number of aromatic nitrogens is 1. The van der Waals surface area contributed by atoms with Gasteiger partial charge in [0.15, 0.2) is 5.13 Å². The van der Waals surface area contributed by atoms with E-state index in [4.69, 9.17) is 5.73 Å². The molecule has 3 heterocycles. The number of carbonyl (C=O) groups is 1. The molecule has 0 saturated carbocycles. The Balaban J connectivity index is 1.78. The van der Waals surface area contributed by atoms with Crippen molar-refractivity contribution in [3.63, 3.8) is 0 Å². The number of anilines is 2. The first-order valence-corrected chi connectivity index (χ1v) is 9.21. The Labute approximate surface area is 133 Å². The lowest BCUT2D eigenvalue weighted by atomic mass is 10.2. The van der Waals surface area contributed by atoms with Crippen LogP contribution in [0.1, 0.15) is 36.4 Å². The van der Waals surface area contributed by atoms with Crippen molar-refractivity contribution in [2.75, 3.05) is 42.6 Å². The summed E-state index contributed by atoms with van der Waals surface area (Å²) in [4.78, 5) is 21.9. The molecule has 7 heteroatoms. The highest BCUT2D eigenvalue weighted by Crippen LogP contribution is 2.34. The molecule has 0 aliphatic carbocycles. The fraction of sp³-hybridized carbons (Fsp3) is 0.714. The Bertz CT molecular complexity index is 537. The van der Waals surface area contributed by atoms with Gasteiger partial charge in [-0.1, -0.05) is 11.3 Å². The molecule has 21 heavy (non-hydrogen) atoms. The van der Waals surface area contributed by atoms with Gasteiger partial charge in [0, 0.05) is 36.7 Å². The van der Waals surface area contributed by atoms with Crippen LogP contribution < -0.4 is 10.6 Å². The molecule has 2 fully saturated rings. The van der Waals surface area contributed by atoms with E-state index in [2.05, 4.69) is 23.7 Å². The van der Waals surface area contributed by atoms with Gasteiger partial charge in [-0.3, -0.25) is 4.79 Å². The molecule has 116 valence electrons. The van der Waals surface area contributed by atoms with Crippen molar-refractivity contribution in [3.05, 3.63) is 4.88 Å². The highest BCUT2D eigenvalue weighted by atomic mass is 32.2. The number of rotatable bonds is 2. The van der Waals surface area contributed by atoms with Crippen LogP contribution in [0.5, 0.6) is 0 Å². The molecule has 1 aromatic heterocycles. The van der Waals surface area contributed by atoms with Crippen LogP contribution >= 0.6 is 23.1 Å². The largest absolute Gasteiger partial charge is 0.382 e. The number of thioether (sulfide) groups is 1. The maximum atomic E-state index is 12.7. The standard InChI is InChI=1S/C14H22N4OS2/c1-14(2)9-18(7-8-20-14)12(19)10-11(15)16-13(21-10)17-5-3-4-6-17/h3-9,15H2,1-2H3. The van der Waals surface area contributed by atoms with Gasteiger partial charge in [-0.25, -0.2) is 4.98 Å². The lowest BCUT2D eigenvalue weighted by Gasteiger charge is -2.37. The van der Waals surface area contributed by atoms with Gasteiger partial charge < -0.3 is 15.5 Å². The molecular weight excluding hydrogens is 304 g/mol. The molecule has 2 saturated heterocycles. The molecule has 0 spiro atoms. The summed E-state index contributed by atoms with van der Waals surface area (Å²) in [6.45, 7) is 7.98. The van der Waals surface area contributed by atoms with Crippen molar-refractivity contribution >= 4 is 40.0 Å². The number of hydrogen-bond donors (Lipinski definition) is 1. The van der Waals surface area contributed by atoms with E-state index >= 15 is 0 Å². The fourth-order valence-electron chi connectivity index (χ4n) is 2.85. The van der Waals surface area contributed by atoms with E-state index in [9.17, 15) is 4.79 Å². The Kier molecular flexibility index (Phi) is 4.05. The zero-order valence-electron chi connectivity index (χ0n) is 12.6. The lowest BCUT2D eigenvalue weighted by Crippen LogP contribution is -2.46. The first-order valence-electron chi connectivity index (χ1n) is 7.41. The first-order chi connectivity index (χ1) is 9.96. The van der Waals surface area contributed by atoms with Gasteiger partial charge in [0.1, 0.15) is 10.7 Å². The second-order valence-electron chi connectivity index (χ2n) is 6.24. The third kappa shape index (κ3) is 3.13. The van der Waals surface area contributed by atoms with E-state index in [1.165, 1.54) is 24.2 Å². The first kappa shape index (κ1) is 15.0. The van der Waals surface area contributed by atoms with Gasteiger partial charge in [0.05, 0.1) is 0 Å². The van der Waals surface area contributed by atoms with E-state index in [0.717, 1.165) is 37.1 Å². The predicted octanol–water partition coefficient (Wildman–Crippen LogP) is 2.29. The van der Waals surface area contributed by atoms with Gasteiger partial charge in [-0.2, -0.15) is 11.8 Å². The smallest absolute Gasteiger partial charge is 0.267 e. The Hall–Kier alpha value is -0.950. The molecule has 0 radical (unpaired) electrons. The minimum absolute atomic E-state index is 0.0452. The second kappa shape index (κ2) is 5.68. The maximum absolute atomic E-state index is 12.7. The van der Waals surface area contributed by atoms with Gasteiger partial charge >= 0.3 is 0 Å². The van der Waals surface area contributed by atoms with Gasteiger partial charge in [0.2, 0.25) is 0 Å². The van der Waals surface area contributed by atoms with E-state index in [1.54, 1.807) is 0 Å². The molecule has 2 aliphatic rings. The van der Waals surface area contributed by atoms with Gasteiger partial charge in [0.25, 0.3) is 5.91 Å². The van der Waals surface area contributed by atoms with Crippen LogP contribution in [-0.4, -0.2) is 52.5 Å². The fourth-order valence-corrected chi connectivity index (χ4v) is 4.97. The van der Waals surface area contributed by atoms with Crippen molar-refractivity contribution in [1.29, 1.82) is 0 Å². The second-order valence-corrected chi connectivity index (χ2v) is 9.02. The summed E-state index contributed by atoms with van der Waals surface area (Å²) in [5.41, 5.74) is 6.00. The van der Waals surface area contributed by atoms with Crippen LogP contribution in [0.4, 0.5) is 10.9 Å². The van der Waals surface area contributed by atoms with Crippen molar-refractivity contribution in [2.45, 2.75) is 31.4 Å². The molecule has 0 bridgehead atoms. The maximum Gasteiger partial charge on any atom is 0.267 e. The number of nitrogen functional groups attached to an aromatic ring is 1. The SMILES string of the molecule is CC1(C)CN(C(=O)c2sc(N3CCCC3)nc2N)CCS1. The molecule has 5 nitrogen and oxygen atoms in total. The Morgan fingerprint density at radius 3 is 2.67 bits per heavy atom. The molecule has 0 atom stereocenters. The summed E-state index contributed by atoms with van der Waals surface area (Å²) in [7, 11) is 0.